The molecule has 3 rings (SSSR count). The van der Waals surface area contributed by atoms with Gasteiger partial charge in [0.25, 0.3) is 0 Å². The Morgan fingerprint density at radius 1 is 1.10 bits per heavy atom. The molecule has 0 aliphatic rings. The fourth-order valence-corrected chi connectivity index (χ4v) is 2.27. The molecule has 0 amide bonds. The Morgan fingerprint density at radius 2 is 1.85 bits per heavy atom. The molecule has 1 aromatic heterocycles. The van der Waals surface area contributed by atoms with Crippen molar-refractivity contribution in [3.05, 3.63) is 59.8 Å². The van der Waals surface area contributed by atoms with E-state index < -0.39 is 5.97 Å². The molecule has 3 aromatic rings. The standard InChI is InChI=1S/C16H13NO3/c1-10-15(16(18)19)13-9-12(7-8-14(13)17-10)20-11-5-3-2-4-6-11/h2-9,17H,1H3,(H,18,19). The highest BCUT2D eigenvalue weighted by Gasteiger charge is 2.15. The first-order valence-corrected chi connectivity index (χ1v) is 6.23. The van der Waals surface area contributed by atoms with Crippen LogP contribution in [0, 0.1) is 6.92 Å². The first-order valence-electron chi connectivity index (χ1n) is 6.23. The Bertz CT molecular complexity index is 775. The number of aromatic carboxylic acids is 1. The number of hydrogen-bond donors (Lipinski definition) is 2. The molecule has 1 heterocycles. The molecule has 2 N–H and O–H groups in total. The number of rotatable bonds is 3. The molecule has 0 saturated carbocycles. The van der Waals surface area contributed by atoms with E-state index in [1.54, 1.807) is 13.0 Å². The van der Waals surface area contributed by atoms with Crippen LogP contribution in [-0.2, 0) is 0 Å². The molecule has 4 heteroatoms. The van der Waals surface area contributed by atoms with Gasteiger partial charge in [-0.2, -0.15) is 0 Å². The average Bonchev–Trinajstić information content (AvgIpc) is 2.75. The summed E-state index contributed by atoms with van der Waals surface area (Å²) in [6.07, 6.45) is 0. The Morgan fingerprint density at radius 3 is 2.55 bits per heavy atom. The van der Waals surface area contributed by atoms with E-state index in [0.717, 1.165) is 11.3 Å². The van der Waals surface area contributed by atoms with Gasteiger partial charge in [-0.1, -0.05) is 18.2 Å². The van der Waals surface area contributed by atoms with Crippen LogP contribution in [0.4, 0.5) is 0 Å². The van der Waals surface area contributed by atoms with E-state index in [2.05, 4.69) is 4.98 Å². The van der Waals surface area contributed by atoms with Gasteiger partial charge in [0.05, 0.1) is 5.56 Å². The Labute approximate surface area is 115 Å². The van der Waals surface area contributed by atoms with Crippen LogP contribution >= 0.6 is 0 Å². The topological polar surface area (TPSA) is 62.3 Å². The van der Waals surface area contributed by atoms with Crippen molar-refractivity contribution in [3.8, 4) is 11.5 Å². The minimum Gasteiger partial charge on any atom is -0.478 e. The summed E-state index contributed by atoms with van der Waals surface area (Å²) >= 11 is 0. The minimum atomic E-state index is -0.939. The van der Waals surface area contributed by atoms with E-state index >= 15 is 0 Å². The average molecular weight is 267 g/mol. The quantitative estimate of drug-likeness (QED) is 0.754. The minimum absolute atomic E-state index is 0.290. The van der Waals surface area contributed by atoms with Crippen LogP contribution in [0.5, 0.6) is 11.5 Å². The normalized spacial score (nSPS) is 10.7. The van der Waals surface area contributed by atoms with Gasteiger partial charge in [0.15, 0.2) is 0 Å². The van der Waals surface area contributed by atoms with Gasteiger partial charge in [-0.25, -0.2) is 4.79 Å². The molecule has 0 spiro atoms. The Hall–Kier alpha value is -2.75. The summed E-state index contributed by atoms with van der Waals surface area (Å²) in [7, 11) is 0. The van der Waals surface area contributed by atoms with E-state index in [1.807, 2.05) is 42.5 Å². The fourth-order valence-electron chi connectivity index (χ4n) is 2.27. The molecule has 0 atom stereocenters. The number of carboxylic acids is 1. The molecule has 100 valence electrons. The number of fused-ring (bicyclic) bond motifs is 1. The van der Waals surface area contributed by atoms with Crippen molar-refractivity contribution in [2.45, 2.75) is 6.92 Å². The number of aromatic nitrogens is 1. The summed E-state index contributed by atoms with van der Waals surface area (Å²) in [6, 6.07) is 14.8. The number of para-hydroxylation sites is 1. The molecular formula is C16H13NO3. The van der Waals surface area contributed by atoms with Crippen molar-refractivity contribution < 1.29 is 14.6 Å². The highest BCUT2D eigenvalue weighted by Crippen LogP contribution is 2.29. The van der Waals surface area contributed by atoms with E-state index in [0.29, 0.717) is 22.4 Å². The van der Waals surface area contributed by atoms with Crippen LogP contribution in [0.15, 0.2) is 48.5 Å². The van der Waals surface area contributed by atoms with Gasteiger partial charge >= 0.3 is 5.97 Å². The van der Waals surface area contributed by atoms with Gasteiger partial charge in [-0.3, -0.25) is 0 Å². The largest absolute Gasteiger partial charge is 0.478 e. The number of benzene rings is 2. The summed E-state index contributed by atoms with van der Waals surface area (Å²) < 4.78 is 5.72. The van der Waals surface area contributed by atoms with E-state index in [1.165, 1.54) is 0 Å². The summed E-state index contributed by atoms with van der Waals surface area (Å²) in [6.45, 7) is 1.75. The van der Waals surface area contributed by atoms with Crippen molar-refractivity contribution in [2.24, 2.45) is 0 Å². The highest BCUT2D eigenvalue weighted by atomic mass is 16.5. The third kappa shape index (κ3) is 2.12. The van der Waals surface area contributed by atoms with Crippen molar-refractivity contribution in [3.63, 3.8) is 0 Å². The van der Waals surface area contributed by atoms with Crippen LogP contribution in [0.3, 0.4) is 0 Å². The molecule has 0 aliphatic heterocycles. The number of nitrogens with one attached hydrogen (secondary N) is 1. The number of carboxylic acid groups (broad SMARTS) is 1. The zero-order chi connectivity index (χ0) is 14.1. The molecule has 20 heavy (non-hydrogen) atoms. The van der Waals surface area contributed by atoms with Crippen LogP contribution < -0.4 is 4.74 Å². The number of H-pyrrole nitrogens is 1. The second-order valence-corrected chi connectivity index (χ2v) is 4.55. The van der Waals surface area contributed by atoms with Crippen molar-refractivity contribution in [1.82, 2.24) is 4.98 Å². The SMILES string of the molecule is Cc1[nH]c2ccc(Oc3ccccc3)cc2c1C(=O)O. The van der Waals surface area contributed by atoms with Crippen LogP contribution in [-0.4, -0.2) is 16.1 Å². The first-order chi connectivity index (χ1) is 9.65. The van der Waals surface area contributed by atoms with Gasteiger partial charge < -0.3 is 14.8 Å². The summed E-state index contributed by atoms with van der Waals surface area (Å²) in [5, 5.41) is 9.93. The van der Waals surface area contributed by atoms with E-state index in [-0.39, 0.29) is 0 Å². The molecule has 0 bridgehead atoms. The van der Waals surface area contributed by atoms with Crippen molar-refractivity contribution >= 4 is 16.9 Å². The predicted molar refractivity (Wildman–Crippen MR) is 76.5 cm³/mol. The van der Waals surface area contributed by atoms with Crippen molar-refractivity contribution in [2.75, 3.05) is 0 Å². The Kier molecular flexibility index (Phi) is 2.91. The highest BCUT2D eigenvalue weighted by molar-refractivity contribution is 6.05. The molecule has 0 saturated heterocycles. The number of aryl methyl sites for hydroxylation is 1. The van der Waals surface area contributed by atoms with E-state index in [9.17, 15) is 9.90 Å². The smallest absolute Gasteiger partial charge is 0.338 e. The lowest BCUT2D eigenvalue weighted by molar-refractivity contribution is 0.0698. The maximum atomic E-state index is 11.3. The second kappa shape index (κ2) is 4.74. The number of hydrogen-bond acceptors (Lipinski definition) is 2. The summed E-state index contributed by atoms with van der Waals surface area (Å²) in [5.41, 5.74) is 1.73. The monoisotopic (exact) mass is 267 g/mol. The summed E-state index contributed by atoms with van der Waals surface area (Å²) in [4.78, 5) is 14.4. The molecule has 2 aromatic carbocycles. The molecule has 0 fully saturated rings. The molecule has 4 nitrogen and oxygen atoms in total. The number of ether oxygens (including phenoxy) is 1. The zero-order valence-electron chi connectivity index (χ0n) is 10.9. The molecule has 0 unspecified atom stereocenters. The van der Waals surface area contributed by atoms with Gasteiger partial charge in [0.2, 0.25) is 0 Å². The van der Waals surface area contributed by atoms with Gasteiger partial charge in [-0.05, 0) is 37.3 Å². The van der Waals surface area contributed by atoms with Crippen LogP contribution in [0.2, 0.25) is 0 Å². The molecule has 0 radical (unpaired) electrons. The lowest BCUT2D eigenvalue weighted by Crippen LogP contribution is -1.97. The lowest BCUT2D eigenvalue weighted by atomic mass is 10.1. The summed E-state index contributed by atoms with van der Waals surface area (Å²) in [5.74, 6) is 0.395. The maximum absolute atomic E-state index is 11.3. The Balaban J connectivity index is 2.06. The second-order valence-electron chi connectivity index (χ2n) is 4.55. The zero-order valence-corrected chi connectivity index (χ0v) is 10.9. The van der Waals surface area contributed by atoms with Gasteiger partial charge in [0.1, 0.15) is 11.5 Å². The van der Waals surface area contributed by atoms with Gasteiger partial charge in [0, 0.05) is 16.6 Å². The van der Waals surface area contributed by atoms with E-state index in [4.69, 9.17) is 4.74 Å². The third-order valence-electron chi connectivity index (χ3n) is 3.15. The van der Waals surface area contributed by atoms with Crippen molar-refractivity contribution in [1.29, 1.82) is 0 Å². The van der Waals surface area contributed by atoms with Crippen LogP contribution in [0.25, 0.3) is 10.9 Å². The molecule has 0 aliphatic carbocycles. The number of carbonyl (C=O) groups is 1. The number of aromatic amines is 1. The first kappa shape index (κ1) is 12.3. The van der Waals surface area contributed by atoms with Gasteiger partial charge in [-0.15, -0.1) is 0 Å². The molecular weight excluding hydrogens is 254 g/mol. The maximum Gasteiger partial charge on any atom is 0.338 e. The lowest BCUT2D eigenvalue weighted by Gasteiger charge is -2.05. The third-order valence-corrected chi connectivity index (χ3v) is 3.15. The predicted octanol–water partition coefficient (Wildman–Crippen LogP) is 3.97. The van der Waals surface area contributed by atoms with Crippen LogP contribution in [0.1, 0.15) is 16.1 Å². The fraction of sp³-hybridized carbons (Fsp3) is 0.0625.